The molecule has 0 saturated carbocycles. The van der Waals surface area contributed by atoms with Crippen LogP contribution in [0.5, 0.6) is 0 Å². The SMILES string of the molecule is C[CH]SC(=O)c1ccc(Cl)cc1. The largest absolute Gasteiger partial charge is 0.282 e. The summed E-state index contributed by atoms with van der Waals surface area (Å²) in [6.45, 7) is 1.83. The molecule has 1 aromatic rings. The highest BCUT2D eigenvalue weighted by Gasteiger charge is 2.03. The molecule has 0 saturated heterocycles. The van der Waals surface area contributed by atoms with E-state index in [1.165, 1.54) is 11.8 Å². The van der Waals surface area contributed by atoms with Crippen LogP contribution in [0.25, 0.3) is 0 Å². The third-order valence-corrected chi connectivity index (χ3v) is 2.24. The molecule has 1 radical (unpaired) electrons. The maximum Gasteiger partial charge on any atom is 0.219 e. The molecule has 0 atom stereocenters. The summed E-state index contributed by atoms with van der Waals surface area (Å²) >= 11 is 6.85. The number of carbonyl (C=O) groups is 1. The average molecular weight is 200 g/mol. The lowest BCUT2D eigenvalue weighted by atomic mass is 10.2. The molecular weight excluding hydrogens is 192 g/mol. The molecule has 0 amide bonds. The van der Waals surface area contributed by atoms with E-state index in [1.807, 2.05) is 6.92 Å². The van der Waals surface area contributed by atoms with Crippen LogP contribution in [0.2, 0.25) is 5.02 Å². The molecule has 0 aliphatic carbocycles. The second-order valence-corrected chi connectivity index (χ2v) is 3.66. The van der Waals surface area contributed by atoms with Gasteiger partial charge >= 0.3 is 0 Å². The summed E-state index contributed by atoms with van der Waals surface area (Å²) in [5.74, 6) is 1.76. The van der Waals surface area contributed by atoms with Crippen LogP contribution in [0.4, 0.5) is 0 Å². The summed E-state index contributed by atoms with van der Waals surface area (Å²) in [5, 5.41) is 0.700. The average Bonchev–Trinajstić information content (AvgIpc) is 2.06. The van der Waals surface area contributed by atoms with E-state index >= 15 is 0 Å². The van der Waals surface area contributed by atoms with E-state index in [0.717, 1.165) is 0 Å². The monoisotopic (exact) mass is 199 g/mol. The van der Waals surface area contributed by atoms with Crippen molar-refractivity contribution in [3.8, 4) is 0 Å². The Labute approximate surface area is 81.1 Å². The molecule has 3 heteroatoms. The summed E-state index contributed by atoms with van der Waals surface area (Å²) in [7, 11) is 0. The number of halogens is 1. The van der Waals surface area contributed by atoms with Gasteiger partial charge in [0, 0.05) is 16.3 Å². The van der Waals surface area contributed by atoms with Crippen LogP contribution in [-0.4, -0.2) is 5.12 Å². The van der Waals surface area contributed by atoms with Gasteiger partial charge < -0.3 is 0 Å². The van der Waals surface area contributed by atoms with Crippen molar-refractivity contribution < 1.29 is 4.79 Å². The van der Waals surface area contributed by atoms with Gasteiger partial charge in [0.2, 0.25) is 5.12 Å². The van der Waals surface area contributed by atoms with Crippen LogP contribution in [0.1, 0.15) is 17.3 Å². The molecule has 1 nitrogen and oxygen atoms in total. The molecular formula is C9H8ClOS. The number of carbonyl (C=O) groups excluding carboxylic acids is 1. The van der Waals surface area contributed by atoms with Crippen molar-refractivity contribution in [2.45, 2.75) is 6.92 Å². The standard InChI is InChI=1S/C9H8ClOS/c1-2-12-9(11)7-3-5-8(10)6-4-7/h2-6H,1H3. The van der Waals surface area contributed by atoms with Crippen molar-refractivity contribution in [3.05, 3.63) is 40.6 Å². The smallest absolute Gasteiger partial charge is 0.219 e. The second kappa shape index (κ2) is 4.53. The molecule has 0 bridgehead atoms. The third-order valence-electron chi connectivity index (χ3n) is 1.30. The fourth-order valence-electron chi connectivity index (χ4n) is 0.761. The lowest BCUT2D eigenvalue weighted by molar-refractivity contribution is 0.108. The maximum atomic E-state index is 11.2. The Kier molecular flexibility index (Phi) is 3.63. The number of benzene rings is 1. The Morgan fingerprint density at radius 3 is 2.50 bits per heavy atom. The number of hydrogen-bond acceptors (Lipinski definition) is 2. The lowest BCUT2D eigenvalue weighted by Crippen LogP contribution is -1.90. The molecule has 63 valence electrons. The van der Waals surface area contributed by atoms with Crippen molar-refractivity contribution in [3.63, 3.8) is 0 Å². The van der Waals surface area contributed by atoms with Crippen molar-refractivity contribution in [2.24, 2.45) is 0 Å². The molecule has 0 aromatic heterocycles. The summed E-state index contributed by atoms with van der Waals surface area (Å²) in [6, 6.07) is 6.87. The van der Waals surface area contributed by atoms with Gasteiger partial charge in [-0.15, -0.1) is 0 Å². The van der Waals surface area contributed by atoms with Gasteiger partial charge in [0.05, 0.1) is 0 Å². The van der Waals surface area contributed by atoms with E-state index in [1.54, 1.807) is 30.0 Å². The molecule has 0 aliphatic rings. The predicted molar refractivity (Wildman–Crippen MR) is 53.3 cm³/mol. The molecule has 12 heavy (non-hydrogen) atoms. The quantitative estimate of drug-likeness (QED) is 0.726. The molecule has 0 unspecified atom stereocenters. The van der Waals surface area contributed by atoms with Gasteiger partial charge in [0.25, 0.3) is 0 Å². The molecule has 1 aromatic carbocycles. The van der Waals surface area contributed by atoms with Gasteiger partial charge in [-0.2, -0.15) is 0 Å². The summed E-state index contributed by atoms with van der Waals surface area (Å²) < 4.78 is 0. The number of rotatable bonds is 2. The fraction of sp³-hybridized carbons (Fsp3) is 0.111. The third kappa shape index (κ3) is 2.54. The highest BCUT2D eigenvalue weighted by atomic mass is 35.5. The lowest BCUT2D eigenvalue weighted by Gasteiger charge is -1.97. The predicted octanol–water partition coefficient (Wildman–Crippen LogP) is 3.40. The van der Waals surface area contributed by atoms with Crippen molar-refractivity contribution >= 4 is 28.5 Å². The molecule has 0 aliphatic heterocycles. The summed E-state index contributed by atoms with van der Waals surface area (Å²) in [6.07, 6.45) is 0. The zero-order valence-corrected chi connectivity index (χ0v) is 8.15. The van der Waals surface area contributed by atoms with Crippen molar-refractivity contribution in [1.82, 2.24) is 0 Å². The van der Waals surface area contributed by atoms with E-state index in [4.69, 9.17) is 11.6 Å². The van der Waals surface area contributed by atoms with E-state index in [9.17, 15) is 4.79 Å². The summed E-state index contributed by atoms with van der Waals surface area (Å²) in [4.78, 5) is 11.2. The highest BCUT2D eigenvalue weighted by molar-refractivity contribution is 8.15. The molecule has 0 heterocycles. The van der Waals surface area contributed by atoms with Crippen LogP contribution >= 0.6 is 23.4 Å². The minimum atomic E-state index is 0.0502. The van der Waals surface area contributed by atoms with Crippen molar-refractivity contribution in [1.29, 1.82) is 0 Å². The van der Waals surface area contributed by atoms with Gasteiger partial charge in [-0.05, 0) is 24.3 Å². The zero-order valence-electron chi connectivity index (χ0n) is 6.58. The first-order chi connectivity index (χ1) is 5.74. The number of thioether (sulfide) groups is 1. The minimum absolute atomic E-state index is 0.0502. The van der Waals surface area contributed by atoms with Gasteiger partial charge in [-0.3, -0.25) is 4.79 Å². The Balaban J connectivity index is 2.75. The minimum Gasteiger partial charge on any atom is -0.282 e. The van der Waals surface area contributed by atoms with Crippen LogP contribution < -0.4 is 0 Å². The molecule has 0 N–H and O–H groups in total. The van der Waals surface area contributed by atoms with E-state index < -0.39 is 0 Å². The highest BCUT2D eigenvalue weighted by Crippen LogP contribution is 2.16. The molecule has 0 fully saturated rings. The van der Waals surface area contributed by atoms with E-state index in [-0.39, 0.29) is 5.12 Å². The Hall–Kier alpha value is -0.470. The maximum absolute atomic E-state index is 11.2. The topological polar surface area (TPSA) is 17.1 Å². The molecule has 0 spiro atoms. The van der Waals surface area contributed by atoms with Crippen LogP contribution in [0, 0.1) is 5.75 Å². The first-order valence-corrected chi connectivity index (χ1v) is 4.74. The van der Waals surface area contributed by atoms with Crippen LogP contribution in [0.15, 0.2) is 24.3 Å². The van der Waals surface area contributed by atoms with Crippen LogP contribution in [-0.2, 0) is 0 Å². The Bertz CT molecular complexity index is 268. The van der Waals surface area contributed by atoms with Crippen LogP contribution in [0.3, 0.4) is 0 Å². The normalized spacial score (nSPS) is 9.83. The Morgan fingerprint density at radius 1 is 1.42 bits per heavy atom. The molecule has 1 rings (SSSR count). The second-order valence-electron chi connectivity index (χ2n) is 2.15. The van der Waals surface area contributed by atoms with Crippen molar-refractivity contribution in [2.75, 3.05) is 0 Å². The van der Waals surface area contributed by atoms with E-state index in [2.05, 4.69) is 0 Å². The fourth-order valence-corrected chi connectivity index (χ4v) is 1.37. The van der Waals surface area contributed by atoms with Gasteiger partial charge in [-0.25, -0.2) is 0 Å². The van der Waals surface area contributed by atoms with Gasteiger partial charge in [-0.1, -0.05) is 30.3 Å². The van der Waals surface area contributed by atoms with Gasteiger partial charge in [0.15, 0.2) is 0 Å². The summed E-state index contributed by atoms with van der Waals surface area (Å²) in [5.41, 5.74) is 0.683. The zero-order chi connectivity index (χ0) is 8.97. The first kappa shape index (κ1) is 9.62. The number of hydrogen-bond donors (Lipinski definition) is 0. The van der Waals surface area contributed by atoms with E-state index in [0.29, 0.717) is 10.6 Å². The Morgan fingerprint density at radius 2 is 2.00 bits per heavy atom. The first-order valence-electron chi connectivity index (χ1n) is 3.48. The van der Waals surface area contributed by atoms with Gasteiger partial charge in [0.1, 0.15) is 0 Å².